The molecule has 4 rings (SSSR count). The van der Waals surface area contributed by atoms with Gasteiger partial charge in [0.2, 0.25) is 5.91 Å². The number of anilines is 2. The van der Waals surface area contributed by atoms with Gasteiger partial charge in [-0.2, -0.15) is 0 Å². The number of nitrogens with one attached hydrogen (secondary N) is 1. The Labute approximate surface area is 187 Å². The second kappa shape index (κ2) is 8.96. The molecule has 2 N–H and O–H groups in total. The third kappa shape index (κ3) is 4.16. The van der Waals surface area contributed by atoms with E-state index in [2.05, 4.69) is 5.32 Å². The van der Waals surface area contributed by atoms with Gasteiger partial charge in [0.25, 0.3) is 11.8 Å². The van der Waals surface area contributed by atoms with Crippen molar-refractivity contribution in [2.45, 2.75) is 26.7 Å². The predicted molar refractivity (Wildman–Crippen MR) is 123 cm³/mol. The van der Waals surface area contributed by atoms with Gasteiger partial charge < -0.3 is 15.3 Å². The lowest BCUT2D eigenvalue weighted by Gasteiger charge is -2.34. The molecule has 1 atom stereocenters. The van der Waals surface area contributed by atoms with Gasteiger partial charge in [-0.25, -0.2) is 4.90 Å². The van der Waals surface area contributed by atoms with Crippen LogP contribution in [0.15, 0.2) is 54.2 Å². The third-order valence-electron chi connectivity index (χ3n) is 5.94. The average molecular weight is 434 g/mol. The topological polar surface area (TPSA) is 90.0 Å². The Balaban J connectivity index is 1.74. The number of piperidine rings is 1. The summed E-state index contributed by atoms with van der Waals surface area (Å²) in [6.07, 6.45) is 1.75. The highest BCUT2D eigenvalue weighted by atomic mass is 16.3. The minimum Gasteiger partial charge on any atom is -0.396 e. The van der Waals surface area contributed by atoms with Crippen molar-refractivity contribution in [2.24, 2.45) is 5.92 Å². The molecular weight excluding hydrogens is 406 g/mol. The lowest BCUT2D eigenvalue weighted by atomic mass is 9.96. The maximum Gasteiger partial charge on any atom is 0.282 e. The molecule has 0 aromatic heterocycles. The zero-order chi connectivity index (χ0) is 22.8. The highest BCUT2D eigenvalue weighted by Gasteiger charge is 2.43. The number of rotatable bonds is 5. The fourth-order valence-corrected chi connectivity index (χ4v) is 4.34. The molecule has 166 valence electrons. The molecule has 7 nitrogen and oxygen atoms in total. The van der Waals surface area contributed by atoms with Crippen LogP contribution in [-0.2, 0) is 14.4 Å². The summed E-state index contributed by atoms with van der Waals surface area (Å²) >= 11 is 0. The largest absolute Gasteiger partial charge is 0.396 e. The van der Waals surface area contributed by atoms with E-state index in [4.69, 9.17) is 0 Å². The average Bonchev–Trinajstić information content (AvgIpc) is 3.04. The van der Waals surface area contributed by atoms with Crippen LogP contribution in [0.3, 0.4) is 0 Å². The van der Waals surface area contributed by atoms with E-state index in [1.807, 2.05) is 36.1 Å². The van der Waals surface area contributed by atoms with E-state index < -0.39 is 0 Å². The van der Waals surface area contributed by atoms with E-state index in [0.717, 1.165) is 18.4 Å². The number of aliphatic hydroxyl groups excluding tert-OH is 1. The van der Waals surface area contributed by atoms with Gasteiger partial charge in [0.1, 0.15) is 5.70 Å². The zero-order valence-electron chi connectivity index (χ0n) is 18.3. The molecule has 0 radical (unpaired) electrons. The van der Waals surface area contributed by atoms with E-state index in [0.29, 0.717) is 41.3 Å². The predicted octanol–water partition coefficient (Wildman–Crippen LogP) is 2.94. The van der Waals surface area contributed by atoms with Crippen LogP contribution in [0.25, 0.3) is 5.57 Å². The zero-order valence-corrected chi connectivity index (χ0v) is 18.3. The molecule has 0 bridgehead atoms. The summed E-state index contributed by atoms with van der Waals surface area (Å²) in [5.74, 6) is -0.853. The van der Waals surface area contributed by atoms with Crippen LogP contribution in [0.2, 0.25) is 0 Å². The van der Waals surface area contributed by atoms with Crippen LogP contribution in [0.1, 0.15) is 30.9 Å². The fourth-order valence-electron chi connectivity index (χ4n) is 4.34. The summed E-state index contributed by atoms with van der Waals surface area (Å²) in [6, 6.07) is 14.2. The SMILES string of the molecule is CC(=O)Nc1ccc(N2C(=O)C(c3ccc(C)cc3)=C(N3CCCC(CO)C3)C2=O)cc1. The Bertz CT molecular complexity index is 1070. The van der Waals surface area contributed by atoms with Crippen molar-refractivity contribution in [1.82, 2.24) is 4.90 Å². The van der Waals surface area contributed by atoms with Crippen molar-refractivity contribution in [3.63, 3.8) is 0 Å². The van der Waals surface area contributed by atoms with Gasteiger partial charge in [-0.15, -0.1) is 0 Å². The van der Waals surface area contributed by atoms with Crippen molar-refractivity contribution < 1.29 is 19.5 Å². The third-order valence-corrected chi connectivity index (χ3v) is 5.94. The molecule has 3 amide bonds. The maximum atomic E-state index is 13.6. The number of amides is 3. The summed E-state index contributed by atoms with van der Waals surface area (Å²) in [4.78, 5) is 41.6. The van der Waals surface area contributed by atoms with Gasteiger partial charge >= 0.3 is 0 Å². The summed E-state index contributed by atoms with van der Waals surface area (Å²) in [7, 11) is 0. The van der Waals surface area contributed by atoms with Crippen molar-refractivity contribution >= 4 is 34.7 Å². The van der Waals surface area contributed by atoms with E-state index in [1.54, 1.807) is 24.3 Å². The standard InChI is InChI=1S/C25H27N3O4/c1-16-5-7-19(8-6-16)22-23(27-13-3-4-18(14-27)15-29)25(32)28(24(22)31)21-11-9-20(10-12-21)26-17(2)30/h5-12,18,29H,3-4,13-15H2,1-2H3,(H,26,30). The Morgan fingerprint density at radius 2 is 1.75 bits per heavy atom. The molecule has 2 aliphatic rings. The Morgan fingerprint density at radius 1 is 1.06 bits per heavy atom. The molecule has 1 saturated heterocycles. The molecule has 2 heterocycles. The van der Waals surface area contributed by atoms with E-state index >= 15 is 0 Å². The van der Waals surface area contributed by atoms with Gasteiger partial charge in [-0.05, 0) is 55.5 Å². The number of aryl methyl sites for hydroxylation is 1. The van der Waals surface area contributed by atoms with Crippen molar-refractivity contribution in [3.8, 4) is 0 Å². The number of nitrogens with zero attached hydrogens (tertiary/aromatic N) is 2. The summed E-state index contributed by atoms with van der Waals surface area (Å²) in [5, 5.41) is 12.4. The quantitative estimate of drug-likeness (QED) is 0.708. The first-order valence-corrected chi connectivity index (χ1v) is 10.8. The number of aliphatic hydroxyl groups is 1. The molecule has 1 fully saturated rings. The van der Waals surface area contributed by atoms with Gasteiger partial charge in [0.15, 0.2) is 0 Å². The van der Waals surface area contributed by atoms with Gasteiger partial charge in [-0.3, -0.25) is 14.4 Å². The number of benzene rings is 2. The highest BCUT2D eigenvalue weighted by Crippen LogP contribution is 2.36. The van der Waals surface area contributed by atoms with Crippen LogP contribution in [0, 0.1) is 12.8 Å². The Kier molecular flexibility index (Phi) is 6.10. The molecule has 2 aliphatic heterocycles. The second-order valence-electron chi connectivity index (χ2n) is 8.40. The molecule has 0 aliphatic carbocycles. The number of carbonyl (C=O) groups excluding carboxylic acids is 3. The van der Waals surface area contributed by atoms with E-state index in [9.17, 15) is 19.5 Å². The van der Waals surface area contributed by atoms with Crippen LogP contribution in [-0.4, -0.2) is 47.4 Å². The van der Waals surface area contributed by atoms with E-state index in [1.165, 1.54) is 11.8 Å². The molecule has 7 heteroatoms. The molecule has 0 spiro atoms. The van der Waals surface area contributed by atoms with Gasteiger partial charge in [0, 0.05) is 32.3 Å². The normalized spacial score (nSPS) is 19.0. The van der Waals surface area contributed by atoms with Gasteiger partial charge in [-0.1, -0.05) is 29.8 Å². The van der Waals surface area contributed by atoms with E-state index in [-0.39, 0.29) is 30.2 Å². The smallest absolute Gasteiger partial charge is 0.282 e. The lowest BCUT2D eigenvalue weighted by molar-refractivity contribution is -0.121. The fraction of sp³-hybridized carbons (Fsp3) is 0.320. The monoisotopic (exact) mass is 433 g/mol. The Morgan fingerprint density at radius 3 is 2.38 bits per heavy atom. The molecule has 0 saturated carbocycles. The number of hydrogen-bond donors (Lipinski definition) is 2. The molecule has 2 aromatic rings. The maximum absolute atomic E-state index is 13.6. The second-order valence-corrected chi connectivity index (χ2v) is 8.40. The summed E-state index contributed by atoms with van der Waals surface area (Å²) in [5.41, 5.74) is 3.59. The minimum absolute atomic E-state index is 0.0557. The van der Waals surface area contributed by atoms with Crippen LogP contribution >= 0.6 is 0 Å². The van der Waals surface area contributed by atoms with Crippen molar-refractivity contribution in [3.05, 3.63) is 65.4 Å². The van der Waals surface area contributed by atoms with Crippen LogP contribution < -0.4 is 10.2 Å². The lowest BCUT2D eigenvalue weighted by Crippen LogP contribution is -2.40. The number of likely N-dealkylation sites (tertiary alicyclic amines) is 1. The molecule has 32 heavy (non-hydrogen) atoms. The van der Waals surface area contributed by atoms with Gasteiger partial charge in [0.05, 0.1) is 11.3 Å². The number of hydrogen-bond acceptors (Lipinski definition) is 5. The van der Waals surface area contributed by atoms with Crippen LogP contribution in [0.5, 0.6) is 0 Å². The summed E-state index contributed by atoms with van der Waals surface area (Å²) < 4.78 is 0. The number of carbonyl (C=O) groups is 3. The molecule has 1 unspecified atom stereocenters. The first-order valence-electron chi connectivity index (χ1n) is 10.8. The number of imide groups is 1. The minimum atomic E-state index is -0.368. The van der Waals surface area contributed by atoms with Crippen molar-refractivity contribution in [2.75, 3.05) is 29.9 Å². The van der Waals surface area contributed by atoms with Crippen LogP contribution in [0.4, 0.5) is 11.4 Å². The first-order chi connectivity index (χ1) is 15.4. The Hall–Kier alpha value is -3.45. The summed E-state index contributed by atoms with van der Waals surface area (Å²) in [6.45, 7) is 4.65. The highest BCUT2D eigenvalue weighted by molar-refractivity contribution is 6.45. The molecular formula is C25H27N3O4. The first kappa shape index (κ1) is 21.8. The molecule has 2 aromatic carbocycles. The van der Waals surface area contributed by atoms with Crippen molar-refractivity contribution in [1.29, 1.82) is 0 Å².